The lowest BCUT2D eigenvalue weighted by Crippen LogP contribution is -2.53. The molecule has 26 heavy (non-hydrogen) atoms. The third kappa shape index (κ3) is 4.32. The van der Waals surface area contributed by atoms with Gasteiger partial charge in [0.15, 0.2) is 0 Å². The molecule has 0 bridgehead atoms. The Morgan fingerprint density at radius 2 is 1.92 bits per heavy atom. The van der Waals surface area contributed by atoms with E-state index < -0.39 is 23.3 Å². The second-order valence-electron chi connectivity index (χ2n) is 7.07. The van der Waals surface area contributed by atoms with E-state index in [2.05, 4.69) is 10.6 Å². The third-order valence-electron chi connectivity index (χ3n) is 4.44. The van der Waals surface area contributed by atoms with E-state index in [4.69, 9.17) is 11.6 Å². The minimum atomic E-state index is -3.93. The van der Waals surface area contributed by atoms with E-state index in [1.807, 2.05) is 13.8 Å². The summed E-state index contributed by atoms with van der Waals surface area (Å²) in [5, 5.41) is 15.0. The van der Waals surface area contributed by atoms with Crippen LogP contribution in [0.25, 0.3) is 0 Å². The number of hydrogen-bond donors (Lipinski definition) is 3. The zero-order valence-electron chi connectivity index (χ0n) is 14.7. The molecule has 0 spiro atoms. The monoisotopic (exact) mass is 388 g/mol. The lowest BCUT2D eigenvalue weighted by atomic mass is 9.93. The van der Waals surface area contributed by atoms with Gasteiger partial charge in [-0.3, -0.25) is 9.59 Å². The van der Waals surface area contributed by atoms with Crippen LogP contribution in [-0.4, -0.2) is 35.0 Å². The number of aliphatic hydroxyl groups is 1. The van der Waals surface area contributed by atoms with Gasteiger partial charge in [-0.15, -0.1) is 0 Å². The number of halogens is 3. The van der Waals surface area contributed by atoms with Crippen LogP contribution in [0.4, 0.5) is 14.5 Å². The molecule has 1 fully saturated rings. The highest BCUT2D eigenvalue weighted by Crippen LogP contribution is 2.42. The summed E-state index contributed by atoms with van der Waals surface area (Å²) < 4.78 is 28.7. The maximum Gasteiger partial charge on any atom is 0.352 e. The summed E-state index contributed by atoms with van der Waals surface area (Å²) in [6.07, 6.45) is 0.634. The van der Waals surface area contributed by atoms with Crippen LogP contribution in [0.1, 0.15) is 49.9 Å². The second-order valence-corrected chi connectivity index (χ2v) is 7.47. The standard InChI is InChI=1S/C18H23ClF2N2O3/c1-11(2)10-22-15(24)13-9-12(5-6-14(13)19)23-16(25)18(20,21)17(26)7-3-4-8-17/h5-6,9,11,26H,3-4,7-8,10H2,1-2H3,(H,22,24)(H,23,25). The number of anilines is 1. The molecule has 0 radical (unpaired) electrons. The number of benzene rings is 1. The second kappa shape index (κ2) is 7.88. The molecule has 1 aliphatic carbocycles. The fourth-order valence-electron chi connectivity index (χ4n) is 2.86. The van der Waals surface area contributed by atoms with Gasteiger partial charge in [-0.25, -0.2) is 0 Å². The molecule has 0 saturated heterocycles. The lowest BCUT2D eigenvalue weighted by Gasteiger charge is -2.30. The van der Waals surface area contributed by atoms with Crippen LogP contribution in [0, 0.1) is 5.92 Å². The Labute approximate surface area is 156 Å². The van der Waals surface area contributed by atoms with E-state index in [-0.39, 0.29) is 35.0 Å². The topological polar surface area (TPSA) is 78.4 Å². The van der Waals surface area contributed by atoms with E-state index in [1.54, 1.807) is 0 Å². The van der Waals surface area contributed by atoms with Gasteiger partial charge in [-0.1, -0.05) is 38.3 Å². The number of carbonyl (C=O) groups excluding carboxylic acids is 2. The lowest BCUT2D eigenvalue weighted by molar-refractivity contribution is -0.185. The van der Waals surface area contributed by atoms with Crippen molar-refractivity contribution in [3.8, 4) is 0 Å². The third-order valence-corrected chi connectivity index (χ3v) is 4.77. The molecule has 0 aromatic heterocycles. The Hall–Kier alpha value is -1.73. The molecule has 0 atom stereocenters. The van der Waals surface area contributed by atoms with Gasteiger partial charge in [0.1, 0.15) is 5.60 Å². The maximum atomic E-state index is 14.4. The number of rotatable bonds is 6. The van der Waals surface area contributed by atoms with Crippen LogP contribution in [-0.2, 0) is 4.79 Å². The Balaban J connectivity index is 2.15. The van der Waals surface area contributed by atoms with Crippen molar-refractivity contribution in [3.05, 3.63) is 28.8 Å². The fraction of sp³-hybridized carbons (Fsp3) is 0.556. The first kappa shape index (κ1) is 20.6. The minimum Gasteiger partial charge on any atom is -0.383 e. The van der Waals surface area contributed by atoms with E-state index >= 15 is 0 Å². The molecule has 0 heterocycles. The van der Waals surface area contributed by atoms with Crippen molar-refractivity contribution >= 4 is 29.1 Å². The number of alkyl halides is 2. The Morgan fingerprint density at radius 1 is 1.31 bits per heavy atom. The Kier molecular flexibility index (Phi) is 6.24. The molecule has 3 N–H and O–H groups in total. The number of amides is 2. The zero-order valence-corrected chi connectivity index (χ0v) is 15.5. The Bertz CT molecular complexity index is 689. The first-order chi connectivity index (χ1) is 12.1. The molecule has 8 heteroatoms. The van der Waals surface area contributed by atoms with Crippen molar-refractivity contribution < 1.29 is 23.5 Å². The summed E-state index contributed by atoms with van der Waals surface area (Å²) >= 11 is 6.00. The van der Waals surface area contributed by atoms with Crippen LogP contribution in [0.5, 0.6) is 0 Å². The number of hydrogen-bond acceptors (Lipinski definition) is 3. The summed E-state index contributed by atoms with van der Waals surface area (Å²) in [5.41, 5.74) is -2.25. The largest absolute Gasteiger partial charge is 0.383 e. The summed E-state index contributed by atoms with van der Waals surface area (Å²) in [5.74, 6) is -5.76. The minimum absolute atomic E-state index is 0.00960. The van der Waals surface area contributed by atoms with Crippen LogP contribution in [0.15, 0.2) is 18.2 Å². The quantitative estimate of drug-likeness (QED) is 0.696. The van der Waals surface area contributed by atoms with Gasteiger partial charge < -0.3 is 15.7 Å². The van der Waals surface area contributed by atoms with Crippen LogP contribution in [0.2, 0.25) is 5.02 Å². The molecule has 1 aromatic rings. The molecule has 1 aliphatic rings. The van der Waals surface area contributed by atoms with E-state index in [0.29, 0.717) is 19.4 Å². The van der Waals surface area contributed by atoms with Crippen molar-refractivity contribution in [2.45, 2.75) is 51.1 Å². The highest BCUT2D eigenvalue weighted by molar-refractivity contribution is 6.34. The summed E-state index contributed by atoms with van der Waals surface area (Å²) in [6, 6.07) is 3.92. The molecule has 5 nitrogen and oxygen atoms in total. The van der Waals surface area contributed by atoms with Crippen molar-refractivity contribution in [1.82, 2.24) is 5.32 Å². The molecule has 2 rings (SSSR count). The van der Waals surface area contributed by atoms with Crippen molar-refractivity contribution in [2.24, 2.45) is 5.92 Å². The summed E-state index contributed by atoms with van der Waals surface area (Å²) in [7, 11) is 0. The fourth-order valence-corrected chi connectivity index (χ4v) is 3.07. The van der Waals surface area contributed by atoms with Crippen molar-refractivity contribution in [3.63, 3.8) is 0 Å². The van der Waals surface area contributed by atoms with Crippen LogP contribution < -0.4 is 10.6 Å². The average Bonchev–Trinajstić information content (AvgIpc) is 3.02. The number of nitrogens with one attached hydrogen (secondary N) is 2. The van der Waals surface area contributed by atoms with Gasteiger partial charge in [0, 0.05) is 12.2 Å². The van der Waals surface area contributed by atoms with Gasteiger partial charge in [0.2, 0.25) is 0 Å². The van der Waals surface area contributed by atoms with Gasteiger partial charge in [0.25, 0.3) is 11.8 Å². The van der Waals surface area contributed by atoms with Gasteiger partial charge in [0.05, 0.1) is 10.6 Å². The summed E-state index contributed by atoms with van der Waals surface area (Å²) in [6.45, 7) is 4.28. The molecule has 0 unspecified atom stereocenters. The first-order valence-corrected chi connectivity index (χ1v) is 8.94. The molecular formula is C18H23ClF2N2O3. The molecule has 1 saturated carbocycles. The van der Waals surface area contributed by atoms with Crippen molar-refractivity contribution in [2.75, 3.05) is 11.9 Å². The van der Waals surface area contributed by atoms with Crippen LogP contribution >= 0.6 is 11.6 Å². The maximum absolute atomic E-state index is 14.4. The van der Waals surface area contributed by atoms with Gasteiger partial charge in [-0.05, 0) is 37.0 Å². The first-order valence-electron chi connectivity index (χ1n) is 8.56. The van der Waals surface area contributed by atoms with Gasteiger partial charge >= 0.3 is 5.92 Å². The molecule has 0 aliphatic heterocycles. The highest BCUT2D eigenvalue weighted by Gasteiger charge is 2.59. The van der Waals surface area contributed by atoms with Gasteiger partial charge in [-0.2, -0.15) is 8.78 Å². The van der Waals surface area contributed by atoms with E-state index in [1.165, 1.54) is 18.2 Å². The highest BCUT2D eigenvalue weighted by atomic mass is 35.5. The van der Waals surface area contributed by atoms with Crippen LogP contribution in [0.3, 0.4) is 0 Å². The predicted molar refractivity (Wildman–Crippen MR) is 95.6 cm³/mol. The molecule has 1 aromatic carbocycles. The SMILES string of the molecule is CC(C)CNC(=O)c1cc(NC(=O)C(F)(F)C2(O)CCCC2)ccc1Cl. The smallest absolute Gasteiger partial charge is 0.352 e. The molecule has 2 amide bonds. The van der Waals surface area contributed by atoms with E-state index in [9.17, 15) is 23.5 Å². The predicted octanol–water partition coefficient (Wildman–Crippen LogP) is 3.60. The van der Waals surface area contributed by atoms with E-state index in [0.717, 1.165) is 0 Å². The zero-order chi connectivity index (χ0) is 19.5. The normalized spacial score (nSPS) is 16.6. The Morgan fingerprint density at radius 3 is 2.50 bits per heavy atom. The molecule has 144 valence electrons. The molecular weight excluding hydrogens is 366 g/mol. The van der Waals surface area contributed by atoms with Crippen molar-refractivity contribution in [1.29, 1.82) is 0 Å². The number of carbonyl (C=O) groups is 2. The average molecular weight is 389 g/mol. The summed E-state index contributed by atoms with van der Waals surface area (Å²) in [4.78, 5) is 24.2.